The number of carboxylic acids is 1. The van der Waals surface area contributed by atoms with E-state index in [9.17, 15) is 23.4 Å². The van der Waals surface area contributed by atoms with E-state index >= 15 is 0 Å². The lowest BCUT2D eigenvalue weighted by molar-refractivity contribution is -0.145. The average molecular weight is 270 g/mol. The van der Waals surface area contributed by atoms with Gasteiger partial charge >= 0.3 is 5.97 Å². The molecule has 3 atom stereocenters. The molecule has 1 fully saturated rings. The monoisotopic (exact) mass is 270 g/mol. The Morgan fingerprint density at radius 3 is 2.22 bits per heavy atom. The minimum absolute atomic E-state index is 0.629. The van der Waals surface area contributed by atoms with Crippen molar-refractivity contribution < 1.29 is 23.4 Å². The molecule has 98 valence electrons. The highest BCUT2D eigenvalue weighted by atomic mass is 32.2. The van der Waals surface area contributed by atoms with Gasteiger partial charge < -0.3 is 10.2 Å². The highest BCUT2D eigenvalue weighted by Gasteiger charge is 2.74. The van der Waals surface area contributed by atoms with Gasteiger partial charge in [-0.25, -0.2) is 8.42 Å². The molecule has 6 heteroatoms. The largest absolute Gasteiger partial charge is 0.481 e. The number of aliphatic hydroxyl groups excluding tert-OH is 1. The summed E-state index contributed by atoms with van der Waals surface area (Å²) < 4.78 is 23.4. The summed E-state index contributed by atoms with van der Waals surface area (Å²) in [5.41, 5.74) is -0.973. The van der Waals surface area contributed by atoms with Gasteiger partial charge in [-0.05, 0) is 5.56 Å². The maximum Gasteiger partial charge on any atom is 0.314 e. The molecule has 0 unspecified atom stereocenters. The number of hydrogen-bond acceptors (Lipinski definition) is 4. The summed E-state index contributed by atoms with van der Waals surface area (Å²) in [6, 6.07) is 8.57. The quantitative estimate of drug-likeness (QED) is 0.819. The third kappa shape index (κ3) is 1.72. The summed E-state index contributed by atoms with van der Waals surface area (Å²) in [5, 5.41) is 17.5. The van der Waals surface area contributed by atoms with Crippen molar-refractivity contribution in [3.63, 3.8) is 0 Å². The van der Waals surface area contributed by atoms with E-state index in [0.717, 1.165) is 6.26 Å². The first-order valence-electron chi connectivity index (χ1n) is 5.43. The van der Waals surface area contributed by atoms with E-state index in [4.69, 9.17) is 0 Å². The number of benzene rings is 1. The van der Waals surface area contributed by atoms with Gasteiger partial charge in [-0.3, -0.25) is 4.79 Å². The predicted octanol–water partition coefficient (Wildman–Crippen LogP) is 0.260. The lowest BCUT2D eigenvalue weighted by atomic mass is 10.0. The number of aliphatic hydroxyl groups is 1. The molecule has 0 aliphatic heterocycles. The van der Waals surface area contributed by atoms with Crippen LogP contribution in [0.4, 0.5) is 0 Å². The zero-order valence-corrected chi connectivity index (χ0v) is 10.6. The van der Waals surface area contributed by atoms with Crippen LogP contribution in [0.25, 0.3) is 0 Å². The van der Waals surface area contributed by atoms with E-state index < -0.39 is 39.0 Å². The minimum atomic E-state index is -3.53. The van der Waals surface area contributed by atoms with E-state index in [1.807, 2.05) is 0 Å². The van der Waals surface area contributed by atoms with Crippen molar-refractivity contribution in [2.24, 2.45) is 5.41 Å². The Hall–Kier alpha value is -1.40. The summed E-state index contributed by atoms with van der Waals surface area (Å²) >= 11 is 0. The van der Waals surface area contributed by atoms with Gasteiger partial charge in [0.15, 0.2) is 9.84 Å². The first-order chi connectivity index (χ1) is 8.35. The number of rotatable bonds is 4. The molecule has 0 spiro atoms. The molecule has 2 rings (SSSR count). The molecule has 18 heavy (non-hydrogen) atoms. The van der Waals surface area contributed by atoms with Crippen molar-refractivity contribution in [3.05, 3.63) is 35.9 Å². The Kier molecular flexibility index (Phi) is 2.95. The second-order valence-corrected chi connectivity index (χ2v) is 6.81. The van der Waals surface area contributed by atoms with Crippen LogP contribution in [0.1, 0.15) is 11.5 Å². The minimum Gasteiger partial charge on any atom is -0.481 e. The van der Waals surface area contributed by atoms with E-state index in [0.29, 0.717) is 5.56 Å². The Morgan fingerprint density at radius 1 is 1.33 bits per heavy atom. The molecule has 0 aromatic heterocycles. The molecular weight excluding hydrogens is 256 g/mol. The highest BCUT2D eigenvalue weighted by Crippen LogP contribution is 2.62. The van der Waals surface area contributed by atoms with Gasteiger partial charge in [0.25, 0.3) is 0 Å². The van der Waals surface area contributed by atoms with Gasteiger partial charge in [0, 0.05) is 12.2 Å². The van der Waals surface area contributed by atoms with Crippen molar-refractivity contribution >= 4 is 15.8 Å². The Bertz CT molecular complexity index is 565. The van der Waals surface area contributed by atoms with Crippen molar-refractivity contribution in [2.45, 2.75) is 11.2 Å². The van der Waals surface area contributed by atoms with Crippen LogP contribution in [0.15, 0.2) is 30.3 Å². The highest BCUT2D eigenvalue weighted by molar-refractivity contribution is 7.91. The summed E-state index contributed by atoms with van der Waals surface area (Å²) in [6.07, 6.45) is 1.01. The lowest BCUT2D eigenvalue weighted by Gasteiger charge is -2.08. The third-order valence-corrected chi connectivity index (χ3v) is 5.15. The average Bonchev–Trinajstić information content (AvgIpc) is 3.00. The number of carbonyl (C=O) groups is 1. The van der Waals surface area contributed by atoms with E-state index in [-0.39, 0.29) is 0 Å². The summed E-state index contributed by atoms with van der Waals surface area (Å²) in [5.74, 6) is -1.95. The van der Waals surface area contributed by atoms with Crippen LogP contribution in [0.3, 0.4) is 0 Å². The fourth-order valence-corrected chi connectivity index (χ4v) is 4.58. The molecule has 1 saturated carbocycles. The lowest BCUT2D eigenvalue weighted by Crippen LogP contribution is -2.27. The van der Waals surface area contributed by atoms with Gasteiger partial charge in [-0.2, -0.15) is 0 Å². The third-order valence-electron chi connectivity index (χ3n) is 3.54. The molecule has 0 bridgehead atoms. The predicted molar refractivity (Wildman–Crippen MR) is 65.0 cm³/mol. The van der Waals surface area contributed by atoms with Crippen LogP contribution >= 0.6 is 0 Å². The van der Waals surface area contributed by atoms with Crippen LogP contribution < -0.4 is 0 Å². The number of hydrogen-bond donors (Lipinski definition) is 2. The van der Waals surface area contributed by atoms with Gasteiger partial charge in [-0.15, -0.1) is 0 Å². The van der Waals surface area contributed by atoms with E-state index in [2.05, 4.69) is 0 Å². The Morgan fingerprint density at radius 2 is 1.89 bits per heavy atom. The summed E-state index contributed by atoms with van der Waals surface area (Å²) in [6.45, 7) is -0.681. The Labute approximate surface area is 105 Å². The van der Waals surface area contributed by atoms with Gasteiger partial charge in [0.1, 0.15) is 5.41 Å². The molecule has 0 radical (unpaired) electrons. The zero-order valence-electron chi connectivity index (χ0n) is 9.78. The number of carboxylic acid groups (broad SMARTS) is 1. The van der Waals surface area contributed by atoms with E-state index in [1.54, 1.807) is 30.3 Å². The fraction of sp³-hybridized carbons (Fsp3) is 0.417. The van der Waals surface area contributed by atoms with Crippen LogP contribution in [0.5, 0.6) is 0 Å². The molecule has 0 amide bonds. The topological polar surface area (TPSA) is 91.7 Å². The molecule has 0 heterocycles. The molecule has 1 aliphatic carbocycles. The van der Waals surface area contributed by atoms with Crippen molar-refractivity contribution in [1.82, 2.24) is 0 Å². The standard InChI is InChI=1S/C12H14O5S/c1-18(16,17)10-9(8-5-3-2-4-6-8)12(10,7-13)11(14)15/h2-6,9-10,13H,7H2,1H3,(H,14,15)/t9-,10-,12+/m0/s1. The molecule has 5 nitrogen and oxygen atoms in total. The van der Waals surface area contributed by atoms with Gasteiger partial charge in [0.05, 0.1) is 11.9 Å². The maximum absolute atomic E-state index is 11.7. The smallest absolute Gasteiger partial charge is 0.314 e. The normalized spacial score (nSPS) is 31.0. The van der Waals surface area contributed by atoms with Gasteiger partial charge in [0.2, 0.25) is 0 Å². The Balaban J connectivity index is 2.51. The number of aliphatic carboxylic acids is 1. The van der Waals surface area contributed by atoms with Crippen LogP contribution in [-0.2, 0) is 14.6 Å². The van der Waals surface area contributed by atoms with E-state index in [1.165, 1.54) is 0 Å². The second-order valence-electron chi connectivity index (χ2n) is 4.64. The van der Waals surface area contributed by atoms with Crippen molar-refractivity contribution in [1.29, 1.82) is 0 Å². The van der Waals surface area contributed by atoms with Crippen molar-refractivity contribution in [3.8, 4) is 0 Å². The zero-order chi connectivity index (χ0) is 13.6. The van der Waals surface area contributed by atoms with Crippen molar-refractivity contribution in [2.75, 3.05) is 12.9 Å². The molecular formula is C12H14O5S. The van der Waals surface area contributed by atoms with Crippen LogP contribution in [0.2, 0.25) is 0 Å². The first kappa shape index (κ1) is 13.0. The summed E-state index contributed by atoms with van der Waals surface area (Å²) in [7, 11) is -3.53. The van der Waals surface area contributed by atoms with Crippen LogP contribution in [-0.4, -0.2) is 42.7 Å². The maximum atomic E-state index is 11.7. The molecule has 0 saturated heterocycles. The number of sulfone groups is 1. The summed E-state index contributed by atoms with van der Waals surface area (Å²) in [4.78, 5) is 11.3. The van der Waals surface area contributed by atoms with Gasteiger partial charge in [-0.1, -0.05) is 30.3 Å². The van der Waals surface area contributed by atoms with Crippen LogP contribution in [0, 0.1) is 5.41 Å². The first-order valence-corrected chi connectivity index (χ1v) is 7.39. The molecule has 2 N–H and O–H groups in total. The molecule has 1 aliphatic rings. The molecule has 1 aromatic rings. The second kappa shape index (κ2) is 4.07. The molecule has 1 aromatic carbocycles. The SMILES string of the molecule is CS(=O)(=O)[C@H]1[C@H](c2ccccc2)[C@@]1(CO)C(=O)O. The fourth-order valence-electron chi connectivity index (χ4n) is 2.68.